The highest BCUT2D eigenvalue weighted by Gasteiger charge is 2.42. The Balaban J connectivity index is 1.37. The molecule has 8 heteroatoms. The van der Waals surface area contributed by atoms with Gasteiger partial charge in [-0.3, -0.25) is 19.2 Å². The van der Waals surface area contributed by atoms with Crippen LogP contribution in [-0.4, -0.2) is 54.0 Å². The average Bonchev–Trinajstić information content (AvgIpc) is 2.89. The molecule has 1 heterocycles. The van der Waals surface area contributed by atoms with Gasteiger partial charge in [0, 0.05) is 44.2 Å². The number of benzene rings is 2. The van der Waals surface area contributed by atoms with E-state index in [4.69, 9.17) is 4.84 Å². The summed E-state index contributed by atoms with van der Waals surface area (Å²) in [5.41, 5.74) is 4.59. The summed E-state index contributed by atoms with van der Waals surface area (Å²) in [4.78, 5) is 47.4. The van der Waals surface area contributed by atoms with E-state index in [-0.39, 0.29) is 30.8 Å². The Morgan fingerprint density at radius 1 is 0.886 bits per heavy atom. The van der Waals surface area contributed by atoms with E-state index < -0.39 is 17.8 Å². The summed E-state index contributed by atoms with van der Waals surface area (Å²) in [6, 6.07) is 19.6. The van der Waals surface area contributed by atoms with Gasteiger partial charge in [0.2, 0.25) is 11.8 Å². The van der Waals surface area contributed by atoms with E-state index in [0.29, 0.717) is 32.4 Å². The van der Waals surface area contributed by atoms with Crippen molar-refractivity contribution in [2.24, 2.45) is 17.8 Å². The quantitative estimate of drug-likeness (QED) is 0.565. The van der Waals surface area contributed by atoms with E-state index in [0.717, 1.165) is 24.3 Å². The maximum Gasteiger partial charge on any atom is 0.303 e. The normalized spacial score (nSPS) is 22.5. The second-order valence-corrected chi connectivity index (χ2v) is 9.38. The number of carboxylic acids is 1. The van der Waals surface area contributed by atoms with Crippen LogP contribution < -0.4 is 10.4 Å². The van der Waals surface area contributed by atoms with Crippen molar-refractivity contribution in [2.45, 2.75) is 32.3 Å². The van der Waals surface area contributed by atoms with E-state index in [2.05, 4.69) is 22.5 Å². The summed E-state index contributed by atoms with van der Waals surface area (Å²) in [7, 11) is 0. The van der Waals surface area contributed by atoms with Gasteiger partial charge < -0.3 is 14.9 Å². The summed E-state index contributed by atoms with van der Waals surface area (Å²) >= 11 is 0. The summed E-state index contributed by atoms with van der Waals surface area (Å²) in [5.74, 6) is -2.45. The number of piperazine rings is 1. The first-order chi connectivity index (χ1) is 17.0. The number of para-hydroxylation sites is 1. The fraction of sp³-hybridized carbons (Fsp3) is 0.444. The Hall–Kier alpha value is -3.39. The van der Waals surface area contributed by atoms with Gasteiger partial charge in [-0.2, -0.15) is 0 Å². The number of amides is 2. The lowest BCUT2D eigenvalue weighted by Crippen LogP contribution is -2.53. The van der Waals surface area contributed by atoms with Crippen LogP contribution in [0.5, 0.6) is 0 Å². The lowest BCUT2D eigenvalue weighted by atomic mass is 9.72. The van der Waals surface area contributed by atoms with Gasteiger partial charge in [-0.15, -0.1) is 0 Å². The molecule has 2 amide bonds. The molecule has 0 bridgehead atoms. The van der Waals surface area contributed by atoms with Gasteiger partial charge in [0.25, 0.3) is 0 Å². The highest BCUT2D eigenvalue weighted by Crippen LogP contribution is 2.37. The first kappa shape index (κ1) is 24.7. The van der Waals surface area contributed by atoms with E-state index in [9.17, 15) is 19.5 Å². The number of carboxylic acid groups (broad SMARTS) is 1. The molecule has 3 atom stereocenters. The van der Waals surface area contributed by atoms with Crippen LogP contribution in [0.1, 0.15) is 31.2 Å². The van der Waals surface area contributed by atoms with Gasteiger partial charge in [-0.1, -0.05) is 48.5 Å². The molecule has 0 aromatic heterocycles. The van der Waals surface area contributed by atoms with Crippen molar-refractivity contribution in [3.05, 3.63) is 66.2 Å². The van der Waals surface area contributed by atoms with Crippen molar-refractivity contribution < 1.29 is 24.3 Å². The molecule has 2 fully saturated rings. The minimum Gasteiger partial charge on any atom is -0.481 e. The minimum atomic E-state index is -0.878. The van der Waals surface area contributed by atoms with Crippen molar-refractivity contribution in [3.8, 4) is 0 Å². The molecule has 0 spiro atoms. The van der Waals surface area contributed by atoms with Crippen LogP contribution in [0, 0.1) is 17.8 Å². The summed E-state index contributed by atoms with van der Waals surface area (Å²) < 4.78 is 0. The number of nitrogens with zero attached hydrogens (tertiary/aromatic N) is 2. The van der Waals surface area contributed by atoms with Crippen LogP contribution in [0.4, 0.5) is 5.69 Å². The zero-order chi connectivity index (χ0) is 24.6. The van der Waals surface area contributed by atoms with Gasteiger partial charge in [0.05, 0.1) is 12.5 Å². The first-order valence-electron chi connectivity index (χ1n) is 12.3. The van der Waals surface area contributed by atoms with Crippen LogP contribution in [-0.2, 0) is 25.8 Å². The molecule has 1 saturated heterocycles. The van der Waals surface area contributed by atoms with Crippen molar-refractivity contribution in [1.29, 1.82) is 0 Å². The standard InChI is InChI=1S/C27H33N3O5/c31-25(32)18-21-11-12-23(24(17-21)26(33)28-35-19-20-7-3-1-4-8-20)27(34)30-15-13-29(14-16-30)22-9-5-2-6-10-22/h1-10,21,23-24H,11-19H2,(H,28,33)(H,31,32)/t21?,23-,24-/m0/s1. The minimum absolute atomic E-state index is 0.00527. The zero-order valence-electron chi connectivity index (χ0n) is 19.8. The molecule has 2 aromatic rings. The number of hydrogen-bond donors (Lipinski definition) is 2. The molecule has 1 saturated carbocycles. The number of rotatable bonds is 8. The third-order valence-electron chi connectivity index (χ3n) is 7.04. The van der Waals surface area contributed by atoms with Crippen LogP contribution in [0.15, 0.2) is 60.7 Å². The van der Waals surface area contributed by atoms with Gasteiger partial charge in [0.15, 0.2) is 0 Å². The topological polar surface area (TPSA) is 99.2 Å². The van der Waals surface area contributed by atoms with Crippen LogP contribution in [0.2, 0.25) is 0 Å². The Labute approximate surface area is 205 Å². The third-order valence-corrected chi connectivity index (χ3v) is 7.04. The Morgan fingerprint density at radius 2 is 1.54 bits per heavy atom. The van der Waals surface area contributed by atoms with Crippen LogP contribution >= 0.6 is 0 Å². The monoisotopic (exact) mass is 479 g/mol. The first-order valence-corrected chi connectivity index (χ1v) is 12.3. The zero-order valence-corrected chi connectivity index (χ0v) is 19.8. The SMILES string of the molecule is O=C(O)CC1CC[C@H](C(=O)N2CCN(c3ccccc3)CC2)[C@@H](C(=O)NOCc2ccccc2)C1. The van der Waals surface area contributed by atoms with Gasteiger partial charge >= 0.3 is 5.97 Å². The van der Waals surface area contributed by atoms with Crippen molar-refractivity contribution in [2.75, 3.05) is 31.1 Å². The Bertz CT molecular complexity index is 992. The predicted octanol–water partition coefficient (Wildman–Crippen LogP) is 3.09. The number of hydrogen-bond acceptors (Lipinski definition) is 5. The second kappa shape index (κ2) is 11.8. The maximum absolute atomic E-state index is 13.5. The Kier molecular flexibility index (Phi) is 8.36. The van der Waals surface area contributed by atoms with Gasteiger partial charge in [0.1, 0.15) is 0 Å². The third kappa shape index (κ3) is 6.60. The molecular formula is C27H33N3O5. The lowest BCUT2D eigenvalue weighted by molar-refractivity contribution is -0.151. The van der Waals surface area contributed by atoms with Crippen LogP contribution in [0.25, 0.3) is 0 Å². The van der Waals surface area contributed by atoms with Gasteiger partial charge in [-0.05, 0) is 42.9 Å². The molecule has 1 unspecified atom stereocenters. The molecular weight excluding hydrogens is 446 g/mol. The van der Waals surface area contributed by atoms with Crippen molar-refractivity contribution >= 4 is 23.5 Å². The summed E-state index contributed by atoms with van der Waals surface area (Å²) in [5, 5.41) is 9.25. The Morgan fingerprint density at radius 3 is 2.20 bits per heavy atom. The molecule has 4 rings (SSSR count). The molecule has 1 aliphatic carbocycles. The molecule has 2 N–H and O–H groups in total. The van der Waals surface area contributed by atoms with E-state index >= 15 is 0 Å². The van der Waals surface area contributed by atoms with Gasteiger partial charge in [-0.25, -0.2) is 5.48 Å². The molecule has 35 heavy (non-hydrogen) atoms. The van der Waals surface area contributed by atoms with Crippen molar-refractivity contribution in [1.82, 2.24) is 10.4 Å². The fourth-order valence-electron chi connectivity index (χ4n) is 5.17. The fourth-order valence-corrected chi connectivity index (χ4v) is 5.17. The molecule has 0 radical (unpaired) electrons. The molecule has 1 aliphatic heterocycles. The number of nitrogens with one attached hydrogen (secondary N) is 1. The number of anilines is 1. The summed E-state index contributed by atoms with van der Waals surface area (Å²) in [6.07, 6.45) is 1.51. The molecule has 2 aromatic carbocycles. The van der Waals surface area contributed by atoms with Crippen LogP contribution in [0.3, 0.4) is 0 Å². The number of carbonyl (C=O) groups is 3. The number of carbonyl (C=O) groups excluding carboxylic acids is 2. The lowest BCUT2D eigenvalue weighted by Gasteiger charge is -2.40. The second-order valence-electron chi connectivity index (χ2n) is 9.38. The molecule has 2 aliphatic rings. The predicted molar refractivity (Wildman–Crippen MR) is 131 cm³/mol. The van der Waals surface area contributed by atoms with E-state index in [1.807, 2.05) is 53.4 Å². The maximum atomic E-state index is 13.5. The van der Waals surface area contributed by atoms with Crippen molar-refractivity contribution in [3.63, 3.8) is 0 Å². The number of hydroxylamine groups is 1. The smallest absolute Gasteiger partial charge is 0.303 e. The number of aliphatic carboxylic acids is 1. The largest absolute Gasteiger partial charge is 0.481 e. The summed E-state index contributed by atoms with van der Waals surface area (Å²) in [6.45, 7) is 2.89. The molecule has 186 valence electrons. The van der Waals surface area contributed by atoms with E-state index in [1.165, 1.54) is 0 Å². The van der Waals surface area contributed by atoms with E-state index in [1.54, 1.807) is 0 Å². The molecule has 8 nitrogen and oxygen atoms in total. The highest BCUT2D eigenvalue weighted by molar-refractivity contribution is 5.87. The average molecular weight is 480 g/mol. The highest BCUT2D eigenvalue weighted by atomic mass is 16.6.